The third-order valence-electron chi connectivity index (χ3n) is 3.02. The summed E-state index contributed by atoms with van der Waals surface area (Å²) in [5.74, 6) is -0.385. The van der Waals surface area contributed by atoms with E-state index in [9.17, 15) is 14.7 Å². The molecular weight excluding hydrogens is 232 g/mol. The van der Waals surface area contributed by atoms with Crippen LogP contribution < -0.4 is 5.32 Å². The van der Waals surface area contributed by atoms with Crippen LogP contribution in [0.1, 0.15) is 25.5 Å². The third kappa shape index (κ3) is 2.16. The van der Waals surface area contributed by atoms with E-state index in [0.717, 1.165) is 0 Å². The molecule has 1 aromatic carbocycles. The van der Waals surface area contributed by atoms with E-state index >= 15 is 0 Å². The molecule has 5 nitrogen and oxygen atoms in total. The fourth-order valence-electron chi connectivity index (χ4n) is 2.05. The van der Waals surface area contributed by atoms with Crippen molar-refractivity contribution in [3.05, 3.63) is 29.8 Å². The smallest absolute Gasteiger partial charge is 0.250 e. The molecule has 1 aliphatic heterocycles. The molecule has 1 unspecified atom stereocenters. The van der Waals surface area contributed by atoms with Crippen LogP contribution in [0.5, 0.6) is 5.75 Å². The van der Waals surface area contributed by atoms with E-state index in [1.54, 1.807) is 18.2 Å². The Bertz CT molecular complexity index is 485. The number of carbonyl (C=O) groups is 2. The standard InChI is InChI=1S/C13H16N2O3/c1-8(2)15-7-11(17)14-12(13(15)18)9-5-3-4-6-10(9)16/h3-6,8,12,16H,7H2,1-2H3,(H,14,17). The summed E-state index contributed by atoms with van der Waals surface area (Å²) in [6, 6.07) is 5.70. The quantitative estimate of drug-likeness (QED) is 0.813. The number of nitrogens with one attached hydrogen (secondary N) is 1. The maximum atomic E-state index is 12.3. The first-order valence-corrected chi connectivity index (χ1v) is 5.88. The van der Waals surface area contributed by atoms with Gasteiger partial charge in [0.2, 0.25) is 5.91 Å². The summed E-state index contributed by atoms with van der Waals surface area (Å²) >= 11 is 0. The molecule has 0 aliphatic carbocycles. The van der Waals surface area contributed by atoms with Crippen molar-refractivity contribution in [2.45, 2.75) is 25.9 Å². The van der Waals surface area contributed by atoms with Crippen LogP contribution in [0, 0.1) is 0 Å². The Kier molecular flexibility index (Phi) is 3.23. The lowest BCUT2D eigenvalue weighted by atomic mass is 10.0. The molecule has 2 rings (SSSR count). The number of carbonyl (C=O) groups excluding carboxylic acids is 2. The Morgan fingerprint density at radius 2 is 2.00 bits per heavy atom. The molecular formula is C13H16N2O3. The van der Waals surface area contributed by atoms with E-state index in [1.807, 2.05) is 13.8 Å². The van der Waals surface area contributed by atoms with E-state index in [2.05, 4.69) is 5.32 Å². The van der Waals surface area contributed by atoms with Gasteiger partial charge < -0.3 is 15.3 Å². The number of benzene rings is 1. The Morgan fingerprint density at radius 3 is 2.61 bits per heavy atom. The Labute approximate surface area is 105 Å². The second-order valence-electron chi connectivity index (χ2n) is 4.62. The van der Waals surface area contributed by atoms with Crippen molar-refractivity contribution >= 4 is 11.8 Å². The van der Waals surface area contributed by atoms with Crippen molar-refractivity contribution in [2.75, 3.05) is 6.54 Å². The molecule has 0 radical (unpaired) electrons. The molecule has 1 aliphatic rings. The van der Waals surface area contributed by atoms with Gasteiger partial charge in [0.1, 0.15) is 11.8 Å². The molecule has 1 aromatic rings. The topological polar surface area (TPSA) is 69.6 Å². The molecule has 2 amide bonds. The first-order chi connectivity index (χ1) is 8.50. The van der Waals surface area contributed by atoms with Crippen molar-refractivity contribution in [2.24, 2.45) is 0 Å². The van der Waals surface area contributed by atoms with Gasteiger partial charge in [-0.05, 0) is 19.9 Å². The highest BCUT2D eigenvalue weighted by Gasteiger charge is 2.35. The fraction of sp³-hybridized carbons (Fsp3) is 0.385. The average Bonchev–Trinajstić information content (AvgIpc) is 2.32. The number of piperazine rings is 1. The highest BCUT2D eigenvalue weighted by atomic mass is 16.3. The molecule has 1 heterocycles. The summed E-state index contributed by atoms with van der Waals surface area (Å²) in [6.07, 6.45) is 0. The van der Waals surface area contributed by atoms with E-state index in [0.29, 0.717) is 5.56 Å². The van der Waals surface area contributed by atoms with Crippen LogP contribution in [0.3, 0.4) is 0 Å². The van der Waals surface area contributed by atoms with Crippen molar-refractivity contribution in [3.8, 4) is 5.75 Å². The van der Waals surface area contributed by atoms with E-state index < -0.39 is 6.04 Å². The highest BCUT2D eigenvalue weighted by Crippen LogP contribution is 2.27. The monoisotopic (exact) mass is 248 g/mol. The van der Waals surface area contributed by atoms with Gasteiger partial charge in [0.25, 0.3) is 5.91 Å². The van der Waals surface area contributed by atoms with Gasteiger partial charge in [-0.1, -0.05) is 18.2 Å². The van der Waals surface area contributed by atoms with Crippen molar-refractivity contribution in [3.63, 3.8) is 0 Å². The Morgan fingerprint density at radius 1 is 1.33 bits per heavy atom. The second kappa shape index (κ2) is 4.68. The molecule has 18 heavy (non-hydrogen) atoms. The molecule has 1 fully saturated rings. The predicted octanol–water partition coefficient (Wildman–Crippen LogP) is 0.800. The van der Waals surface area contributed by atoms with E-state index in [1.165, 1.54) is 11.0 Å². The number of phenols is 1. The SMILES string of the molecule is CC(C)N1CC(=O)NC(c2ccccc2O)C1=O. The molecule has 0 saturated carbocycles. The van der Waals surface area contributed by atoms with Gasteiger partial charge in [-0.25, -0.2) is 0 Å². The zero-order valence-corrected chi connectivity index (χ0v) is 10.4. The molecule has 0 aromatic heterocycles. The van der Waals surface area contributed by atoms with Crippen LogP contribution in [0.25, 0.3) is 0 Å². The molecule has 0 bridgehead atoms. The van der Waals surface area contributed by atoms with Crippen LogP contribution >= 0.6 is 0 Å². The number of para-hydroxylation sites is 1. The molecule has 1 saturated heterocycles. The van der Waals surface area contributed by atoms with Gasteiger partial charge in [-0.15, -0.1) is 0 Å². The molecule has 5 heteroatoms. The first-order valence-electron chi connectivity index (χ1n) is 5.88. The van der Waals surface area contributed by atoms with Crippen LogP contribution in [-0.4, -0.2) is 34.4 Å². The summed E-state index contributed by atoms with van der Waals surface area (Å²) in [5, 5.41) is 12.4. The normalized spacial score (nSPS) is 20.2. The van der Waals surface area contributed by atoms with Gasteiger partial charge in [0.15, 0.2) is 0 Å². The predicted molar refractivity (Wildman–Crippen MR) is 65.8 cm³/mol. The molecule has 2 N–H and O–H groups in total. The van der Waals surface area contributed by atoms with Gasteiger partial charge >= 0.3 is 0 Å². The van der Waals surface area contributed by atoms with Gasteiger partial charge in [0, 0.05) is 11.6 Å². The minimum atomic E-state index is -0.796. The number of rotatable bonds is 2. The Balaban J connectivity index is 2.35. The number of phenolic OH excluding ortho intramolecular Hbond substituents is 1. The summed E-state index contributed by atoms with van der Waals surface area (Å²) in [7, 11) is 0. The van der Waals surface area contributed by atoms with Crippen molar-refractivity contribution in [1.29, 1.82) is 0 Å². The zero-order valence-electron chi connectivity index (χ0n) is 10.4. The number of hydrogen-bond donors (Lipinski definition) is 2. The molecule has 96 valence electrons. The maximum absolute atomic E-state index is 12.3. The maximum Gasteiger partial charge on any atom is 0.250 e. The Hall–Kier alpha value is -2.04. The second-order valence-corrected chi connectivity index (χ2v) is 4.62. The summed E-state index contributed by atoms with van der Waals surface area (Å²) < 4.78 is 0. The summed E-state index contributed by atoms with van der Waals surface area (Å²) in [4.78, 5) is 25.4. The zero-order chi connectivity index (χ0) is 13.3. The minimum Gasteiger partial charge on any atom is -0.508 e. The first kappa shape index (κ1) is 12.4. The lowest BCUT2D eigenvalue weighted by Gasteiger charge is -2.35. The summed E-state index contributed by atoms with van der Waals surface area (Å²) in [6.45, 7) is 3.79. The van der Waals surface area contributed by atoms with Crippen LogP contribution in [-0.2, 0) is 9.59 Å². The van der Waals surface area contributed by atoms with Crippen molar-refractivity contribution < 1.29 is 14.7 Å². The number of amides is 2. The average molecular weight is 248 g/mol. The largest absolute Gasteiger partial charge is 0.508 e. The van der Waals surface area contributed by atoms with Crippen LogP contribution in [0.4, 0.5) is 0 Å². The number of hydrogen-bond acceptors (Lipinski definition) is 3. The van der Waals surface area contributed by atoms with Gasteiger partial charge in [-0.2, -0.15) is 0 Å². The van der Waals surface area contributed by atoms with Crippen LogP contribution in [0.2, 0.25) is 0 Å². The van der Waals surface area contributed by atoms with Crippen LogP contribution in [0.15, 0.2) is 24.3 Å². The minimum absolute atomic E-state index is 0.0155. The third-order valence-corrected chi connectivity index (χ3v) is 3.02. The highest BCUT2D eigenvalue weighted by molar-refractivity contribution is 5.96. The number of aromatic hydroxyl groups is 1. The molecule has 0 spiro atoms. The fourth-order valence-corrected chi connectivity index (χ4v) is 2.05. The summed E-state index contributed by atoms with van der Waals surface area (Å²) in [5.41, 5.74) is 0.432. The van der Waals surface area contributed by atoms with Crippen molar-refractivity contribution in [1.82, 2.24) is 10.2 Å². The number of nitrogens with zero attached hydrogens (tertiary/aromatic N) is 1. The lowest BCUT2D eigenvalue weighted by Crippen LogP contribution is -2.55. The van der Waals surface area contributed by atoms with E-state index in [4.69, 9.17) is 0 Å². The molecule has 1 atom stereocenters. The van der Waals surface area contributed by atoms with Gasteiger partial charge in [-0.3, -0.25) is 9.59 Å². The van der Waals surface area contributed by atoms with E-state index in [-0.39, 0.29) is 30.2 Å². The van der Waals surface area contributed by atoms with Gasteiger partial charge in [0.05, 0.1) is 6.54 Å². The lowest BCUT2D eigenvalue weighted by molar-refractivity contribution is -0.146.